The van der Waals surface area contributed by atoms with Gasteiger partial charge in [0, 0.05) is 31.7 Å². The summed E-state index contributed by atoms with van der Waals surface area (Å²) >= 11 is 0. The second kappa shape index (κ2) is 6.73. The number of benzene rings is 1. The summed E-state index contributed by atoms with van der Waals surface area (Å²) in [5, 5.41) is 0. The Morgan fingerprint density at radius 3 is 2.71 bits per heavy atom. The summed E-state index contributed by atoms with van der Waals surface area (Å²) in [5.41, 5.74) is 2.33. The fourth-order valence-corrected chi connectivity index (χ4v) is 4.18. The van der Waals surface area contributed by atoms with Gasteiger partial charge in [-0.3, -0.25) is 14.7 Å². The molecule has 0 spiro atoms. The van der Waals surface area contributed by atoms with Crippen LogP contribution in [0.25, 0.3) is 0 Å². The van der Waals surface area contributed by atoms with Crippen molar-refractivity contribution in [2.24, 2.45) is 0 Å². The van der Waals surface area contributed by atoms with Crippen molar-refractivity contribution in [3.63, 3.8) is 0 Å². The van der Waals surface area contributed by atoms with Crippen molar-refractivity contribution in [3.8, 4) is 0 Å². The number of fused-ring (bicyclic) bond motifs is 1. The van der Waals surface area contributed by atoms with E-state index >= 15 is 0 Å². The Bertz CT molecular complexity index is 689. The van der Waals surface area contributed by atoms with Gasteiger partial charge in [0.1, 0.15) is 0 Å². The summed E-state index contributed by atoms with van der Waals surface area (Å²) in [4.78, 5) is 21.3. The number of pyridine rings is 1. The van der Waals surface area contributed by atoms with Crippen LogP contribution in [0.4, 0.5) is 5.69 Å². The SMILES string of the molecule is O=C1CC[C@@H]2[C@@H](CCN2CCc2ccccc2)N1c1cccnc1. The Labute approximate surface area is 143 Å². The van der Waals surface area contributed by atoms with Crippen LogP contribution in [0.3, 0.4) is 0 Å². The Morgan fingerprint density at radius 2 is 1.92 bits per heavy atom. The van der Waals surface area contributed by atoms with Crippen molar-refractivity contribution >= 4 is 11.6 Å². The summed E-state index contributed by atoms with van der Waals surface area (Å²) in [6, 6.07) is 15.3. The van der Waals surface area contributed by atoms with Gasteiger partial charge in [0.25, 0.3) is 0 Å². The van der Waals surface area contributed by atoms with Crippen LogP contribution in [-0.2, 0) is 11.2 Å². The first-order valence-corrected chi connectivity index (χ1v) is 8.83. The lowest BCUT2D eigenvalue weighted by atomic mass is 9.95. The predicted molar refractivity (Wildman–Crippen MR) is 94.9 cm³/mol. The molecule has 4 nitrogen and oxygen atoms in total. The Hall–Kier alpha value is -2.20. The lowest BCUT2D eigenvalue weighted by molar-refractivity contribution is -0.120. The first-order chi connectivity index (χ1) is 11.8. The largest absolute Gasteiger partial charge is 0.306 e. The monoisotopic (exact) mass is 321 g/mol. The second-order valence-corrected chi connectivity index (χ2v) is 6.71. The smallest absolute Gasteiger partial charge is 0.227 e. The van der Waals surface area contributed by atoms with Gasteiger partial charge in [-0.2, -0.15) is 0 Å². The number of aromatic nitrogens is 1. The molecule has 0 aliphatic carbocycles. The van der Waals surface area contributed by atoms with Crippen molar-refractivity contribution < 1.29 is 4.79 Å². The molecule has 2 aromatic rings. The summed E-state index contributed by atoms with van der Waals surface area (Å²) in [5.74, 6) is 0.245. The molecule has 1 aromatic carbocycles. The average molecular weight is 321 g/mol. The molecule has 2 fully saturated rings. The molecule has 2 aliphatic rings. The van der Waals surface area contributed by atoms with Crippen molar-refractivity contribution in [3.05, 3.63) is 60.4 Å². The molecule has 24 heavy (non-hydrogen) atoms. The quantitative estimate of drug-likeness (QED) is 0.869. The predicted octanol–water partition coefficient (Wildman–Crippen LogP) is 2.89. The van der Waals surface area contributed by atoms with Crippen molar-refractivity contribution in [2.45, 2.75) is 37.8 Å². The van der Waals surface area contributed by atoms with Crippen LogP contribution in [-0.4, -0.2) is 41.0 Å². The minimum absolute atomic E-state index is 0.245. The zero-order valence-electron chi connectivity index (χ0n) is 13.8. The first kappa shape index (κ1) is 15.3. The molecule has 0 radical (unpaired) electrons. The van der Waals surface area contributed by atoms with Crippen LogP contribution >= 0.6 is 0 Å². The molecule has 0 N–H and O–H groups in total. The minimum Gasteiger partial charge on any atom is -0.306 e. The van der Waals surface area contributed by atoms with Gasteiger partial charge in [0.2, 0.25) is 5.91 Å². The van der Waals surface area contributed by atoms with Crippen LogP contribution in [0.2, 0.25) is 0 Å². The number of carbonyl (C=O) groups is 1. The maximum Gasteiger partial charge on any atom is 0.227 e. The summed E-state index contributed by atoms with van der Waals surface area (Å²) in [6.45, 7) is 2.15. The molecule has 3 heterocycles. The molecular formula is C20H23N3O. The zero-order valence-corrected chi connectivity index (χ0v) is 13.8. The van der Waals surface area contributed by atoms with E-state index in [1.165, 1.54) is 5.56 Å². The number of hydrogen-bond acceptors (Lipinski definition) is 3. The van der Waals surface area contributed by atoms with Crippen LogP contribution in [0, 0.1) is 0 Å². The number of amides is 1. The van der Waals surface area contributed by atoms with Gasteiger partial charge < -0.3 is 4.90 Å². The van der Waals surface area contributed by atoms with Crippen molar-refractivity contribution in [1.82, 2.24) is 9.88 Å². The highest BCUT2D eigenvalue weighted by molar-refractivity contribution is 5.95. The number of nitrogens with zero attached hydrogens (tertiary/aromatic N) is 3. The summed E-state index contributed by atoms with van der Waals surface area (Å²) in [6.07, 6.45) is 7.32. The van der Waals surface area contributed by atoms with E-state index in [0.717, 1.165) is 38.0 Å². The van der Waals surface area contributed by atoms with Gasteiger partial charge in [-0.05, 0) is 37.0 Å². The average Bonchev–Trinajstić information content (AvgIpc) is 3.04. The van der Waals surface area contributed by atoms with E-state index in [1.54, 1.807) is 6.20 Å². The number of piperidine rings is 1. The Balaban J connectivity index is 1.47. The van der Waals surface area contributed by atoms with E-state index in [2.05, 4.69) is 40.2 Å². The fourth-order valence-electron chi connectivity index (χ4n) is 4.18. The van der Waals surface area contributed by atoms with Gasteiger partial charge in [0.05, 0.1) is 17.9 Å². The van der Waals surface area contributed by atoms with E-state index in [-0.39, 0.29) is 5.91 Å². The molecule has 1 amide bonds. The highest BCUT2D eigenvalue weighted by Crippen LogP contribution is 2.34. The molecular weight excluding hydrogens is 298 g/mol. The Kier molecular flexibility index (Phi) is 4.30. The maximum atomic E-state index is 12.5. The van der Waals surface area contributed by atoms with Crippen LogP contribution in [0.1, 0.15) is 24.8 Å². The molecule has 2 aliphatic heterocycles. The molecule has 4 heteroatoms. The van der Waals surface area contributed by atoms with E-state index in [0.29, 0.717) is 18.5 Å². The molecule has 1 aromatic heterocycles. The number of carbonyl (C=O) groups excluding carboxylic acids is 1. The fraction of sp³-hybridized carbons (Fsp3) is 0.400. The van der Waals surface area contributed by atoms with Gasteiger partial charge in [-0.1, -0.05) is 30.3 Å². The maximum absolute atomic E-state index is 12.5. The molecule has 4 rings (SSSR count). The van der Waals surface area contributed by atoms with Crippen LogP contribution in [0.15, 0.2) is 54.9 Å². The highest BCUT2D eigenvalue weighted by Gasteiger charge is 2.43. The second-order valence-electron chi connectivity index (χ2n) is 6.71. The van der Waals surface area contributed by atoms with E-state index < -0.39 is 0 Å². The van der Waals surface area contributed by atoms with Gasteiger partial charge in [-0.25, -0.2) is 0 Å². The number of rotatable bonds is 4. The highest BCUT2D eigenvalue weighted by atomic mass is 16.2. The van der Waals surface area contributed by atoms with Crippen molar-refractivity contribution in [2.75, 3.05) is 18.0 Å². The van der Waals surface area contributed by atoms with Gasteiger partial charge >= 0.3 is 0 Å². The van der Waals surface area contributed by atoms with Crippen LogP contribution in [0.5, 0.6) is 0 Å². The van der Waals surface area contributed by atoms with Gasteiger partial charge in [0.15, 0.2) is 0 Å². The normalized spacial score (nSPS) is 24.2. The van der Waals surface area contributed by atoms with Gasteiger partial charge in [-0.15, -0.1) is 0 Å². The third-order valence-electron chi connectivity index (χ3n) is 5.33. The minimum atomic E-state index is 0.245. The number of anilines is 1. The molecule has 0 bridgehead atoms. The third-order valence-corrected chi connectivity index (χ3v) is 5.33. The molecule has 2 atom stereocenters. The molecule has 0 unspecified atom stereocenters. The number of hydrogen-bond donors (Lipinski definition) is 0. The van der Waals surface area contributed by atoms with E-state index in [9.17, 15) is 4.79 Å². The first-order valence-electron chi connectivity index (χ1n) is 8.83. The van der Waals surface area contributed by atoms with E-state index in [4.69, 9.17) is 0 Å². The molecule has 2 saturated heterocycles. The summed E-state index contributed by atoms with van der Waals surface area (Å²) in [7, 11) is 0. The standard InChI is InChI=1S/C20H23N3O/c24-20-9-8-18-19(23(20)17-7-4-12-21-15-17)11-14-22(18)13-10-16-5-2-1-3-6-16/h1-7,12,15,18-19H,8-11,13-14H2/t18-,19-/m1/s1. The van der Waals surface area contributed by atoms with Crippen molar-refractivity contribution in [1.29, 1.82) is 0 Å². The molecule has 0 saturated carbocycles. The number of likely N-dealkylation sites (tertiary alicyclic amines) is 1. The van der Waals surface area contributed by atoms with Crippen LogP contribution < -0.4 is 4.90 Å². The lowest BCUT2D eigenvalue weighted by Crippen LogP contribution is -2.52. The summed E-state index contributed by atoms with van der Waals surface area (Å²) < 4.78 is 0. The van der Waals surface area contributed by atoms with E-state index in [1.807, 2.05) is 23.2 Å². The lowest BCUT2D eigenvalue weighted by Gasteiger charge is -2.39. The topological polar surface area (TPSA) is 36.4 Å². The Morgan fingerprint density at radius 1 is 1.04 bits per heavy atom. The molecule has 124 valence electrons. The third kappa shape index (κ3) is 2.94. The zero-order chi connectivity index (χ0) is 16.4.